The molecule has 0 fully saturated rings. The first-order valence-electron chi connectivity index (χ1n) is 6.37. The van der Waals surface area contributed by atoms with Gasteiger partial charge in [-0.25, -0.2) is 0 Å². The summed E-state index contributed by atoms with van der Waals surface area (Å²) in [7, 11) is 4.54. The number of hydrogen-bond donors (Lipinski definition) is 1. The van der Waals surface area contributed by atoms with Crippen LogP contribution in [0.2, 0.25) is 0 Å². The number of rotatable bonds is 5. The monoisotopic (exact) mass is 273 g/mol. The molecule has 19 heavy (non-hydrogen) atoms. The van der Waals surface area contributed by atoms with Crippen molar-refractivity contribution < 1.29 is 4.74 Å². The molecule has 2 rings (SSSR count). The molecule has 3 heteroatoms. The highest BCUT2D eigenvalue weighted by Gasteiger charge is 2.05. The van der Waals surface area contributed by atoms with Gasteiger partial charge < -0.3 is 10.1 Å². The van der Waals surface area contributed by atoms with Crippen LogP contribution in [0, 0.1) is 6.92 Å². The van der Waals surface area contributed by atoms with Crippen LogP contribution in [0.1, 0.15) is 22.5 Å². The Balaban J connectivity index is 1.98. The number of nitrogens with one attached hydrogen (secondary N) is 1. The van der Waals surface area contributed by atoms with Gasteiger partial charge in [-0.05, 0) is 30.2 Å². The average molecular weight is 273 g/mol. The lowest BCUT2D eigenvalue weighted by Gasteiger charge is -2.15. The smallest absolute Gasteiger partial charge is 0.119 e. The molecule has 0 aromatic heterocycles. The normalized spacial score (nSPS) is 12.2. The third-order valence-electron chi connectivity index (χ3n) is 3.06. The minimum Gasteiger partial charge on any atom is -0.497 e. The molecule has 0 bridgehead atoms. The van der Waals surface area contributed by atoms with E-state index in [-0.39, 0.29) is 5.78 Å². The molecule has 0 heterocycles. The summed E-state index contributed by atoms with van der Waals surface area (Å²) in [5.41, 5.74) is 3.79. The van der Waals surface area contributed by atoms with Gasteiger partial charge in [0.05, 0.1) is 7.11 Å². The predicted molar refractivity (Wildman–Crippen MR) is 83.5 cm³/mol. The Hall–Kier alpha value is -1.37. The summed E-state index contributed by atoms with van der Waals surface area (Å²) in [4.78, 5) is 0. The number of benzene rings is 2. The SMILES string of the molecule is COc1cccc(CNC(P)c2cccc(C)c2)c1. The van der Waals surface area contributed by atoms with Gasteiger partial charge in [0.1, 0.15) is 5.75 Å². The van der Waals surface area contributed by atoms with Gasteiger partial charge in [0, 0.05) is 12.3 Å². The van der Waals surface area contributed by atoms with E-state index in [2.05, 4.69) is 57.9 Å². The highest BCUT2D eigenvalue weighted by Crippen LogP contribution is 2.21. The summed E-state index contributed by atoms with van der Waals surface area (Å²) in [6.07, 6.45) is 0. The quantitative estimate of drug-likeness (QED) is 0.839. The Morgan fingerprint density at radius 3 is 2.68 bits per heavy atom. The highest BCUT2D eigenvalue weighted by molar-refractivity contribution is 7.17. The molecule has 100 valence electrons. The minimum absolute atomic E-state index is 0.256. The zero-order valence-corrected chi connectivity index (χ0v) is 12.5. The molecule has 0 spiro atoms. The van der Waals surface area contributed by atoms with Gasteiger partial charge in [-0.3, -0.25) is 0 Å². The third-order valence-corrected chi connectivity index (χ3v) is 3.68. The number of aryl methyl sites for hydroxylation is 1. The van der Waals surface area contributed by atoms with Gasteiger partial charge in [0.2, 0.25) is 0 Å². The van der Waals surface area contributed by atoms with Crippen LogP contribution in [-0.4, -0.2) is 7.11 Å². The molecule has 2 nitrogen and oxygen atoms in total. The van der Waals surface area contributed by atoms with Crippen molar-refractivity contribution in [3.05, 3.63) is 65.2 Å². The molecule has 1 N–H and O–H groups in total. The Labute approximate surface area is 117 Å². The van der Waals surface area contributed by atoms with Crippen molar-refractivity contribution in [2.24, 2.45) is 0 Å². The van der Waals surface area contributed by atoms with Crippen LogP contribution < -0.4 is 10.1 Å². The second-order valence-electron chi connectivity index (χ2n) is 4.62. The second kappa shape index (κ2) is 6.70. The summed E-state index contributed by atoms with van der Waals surface area (Å²) >= 11 is 0. The molecule has 0 amide bonds. The van der Waals surface area contributed by atoms with Crippen molar-refractivity contribution in [3.63, 3.8) is 0 Å². The van der Waals surface area contributed by atoms with Crippen LogP contribution in [0.5, 0.6) is 5.75 Å². The summed E-state index contributed by atoms with van der Waals surface area (Å²) < 4.78 is 5.23. The van der Waals surface area contributed by atoms with Crippen molar-refractivity contribution in [2.45, 2.75) is 19.3 Å². The number of methoxy groups -OCH3 is 1. The summed E-state index contributed by atoms with van der Waals surface area (Å²) in [6.45, 7) is 2.93. The standard InChI is InChI=1S/C16H20NOP/c1-12-5-3-7-14(9-12)16(19)17-11-13-6-4-8-15(10-13)18-2/h3-10,16-17H,11,19H2,1-2H3. The van der Waals surface area contributed by atoms with Crippen molar-refractivity contribution in [1.29, 1.82) is 0 Å². The van der Waals surface area contributed by atoms with Crippen LogP contribution in [-0.2, 0) is 6.54 Å². The van der Waals surface area contributed by atoms with E-state index in [1.54, 1.807) is 7.11 Å². The van der Waals surface area contributed by atoms with Crippen LogP contribution >= 0.6 is 9.24 Å². The van der Waals surface area contributed by atoms with E-state index in [1.165, 1.54) is 16.7 Å². The molecule has 0 radical (unpaired) electrons. The molecular weight excluding hydrogens is 253 g/mol. The van der Waals surface area contributed by atoms with Gasteiger partial charge in [-0.15, -0.1) is 9.24 Å². The topological polar surface area (TPSA) is 21.3 Å². The highest BCUT2D eigenvalue weighted by atomic mass is 31.0. The van der Waals surface area contributed by atoms with E-state index in [0.29, 0.717) is 0 Å². The first-order chi connectivity index (χ1) is 9.19. The predicted octanol–water partition coefficient (Wildman–Crippen LogP) is 3.67. The lowest BCUT2D eigenvalue weighted by Crippen LogP contribution is -2.15. The second-order valence-corrected chi connectivity index (χ2v) is 5.29. The molecular formula is C16H20NOP. The maximum atomic E-state index is 5.23. The Morgan fingerprint density at radius 2 is 1.95 bits per heavy atom. The van der Waals surface area contributed by atoms with Gasteiger partial charge in [0.15, 0.2) is 0 Å². The van der Waals surface area contributed by atoms with E-state index >= 15 is 0 Å². The fraction of sp³-hybridized carbons (Fsp3) is 0.250. The van der Waals surface area contributed by atoms with Gasteiger partial charge in [0.25, 0.3) is 0 Å². The molecule has 0 aliphatic rings. The van der Waals surface area contributed by atoms with Gasteiger partial charge >= 0.3 is 0 Å². The maximum Gasteiger partial charge on any atom is 0.119 e. The fourth-order valence-corrected chi connectivity index (χ4v) is 2.32. The van der Waals surface area contributed by atoms with Gasteiger partial charge in [-0.2, -0.15) is 0 Å². The summed E-state index contributed by atoms with van der Waals surface area (Å²) in [5.74, 6) is 1.15. The fourth-order valence-electron chi connectivity index (χ4n) is 1.99. The lowest BCUT2D eigenvalue weighted by atomic mass is 10.1. The molecule has 0 saturated heterocycles. The van der Waals surface area contributed by atoms with Gasteiger partial charge in [-0.1, -0.05) is 42.0 Å². The largest absolute Gasteiger partial charge is 0.497 e. The molecule has 2 unspecified atom stereocenters. The summed E-state index contributed by atoms with van der Waals surface area (Å²) in [5, 5.41) is 3.50. The van der Waals surface area contributed by atoms with Crippen LogP contribution in [0.15, 0.2) is 48.5 Å². The molecule has 0 aliphatic carbocycles. The van der Waals surface area contributed by atoms with Crippen molar-refractivity contribution in [3.8, 4) is 5.75 Å². The van der Waals surface area contributed by atoms with Crippen molar-refractivity contribution >= 4 is 9.24 Å². The third kappa shape index (κ3) is 4.05. The van der Waals surface area contributed by atoms with Crippen molar-refractivity contribution in [1.82, 2.24) is 5.32 Å². The Bertz CT molecular complexity index is 542. The van der Waals surface area contributed by atoms with Crippen LogP contribution in [0.3, 0.4) is 0 Å². The first-order valence-corrected chi connectivity index (χ1v) is 7.04. The Morgan fingerprint density at radius 1 is 1.16 bits per heavy atom. The molecule has 2 aromatic rings. The average Bonchev–Trinajstić information content (AvgIpc) is 2.45. The molecule has 2 aromatic carbocycles. The van der Waals surface area contributed by atoms with E-state index in [9.17, 15) is 0 Å². The van der Waals surface area contributed by atoms with E-state index in [4.69, 9.17) is 4.74 Å². The van der Waals surface area contributed by atoms with E-state index in [0.717, 1.165) is 12.3 Å². The molecule has 0 aliphatic heterocycles. The number of hydrogen-bond acceptors (Lipinski definition) is 2. The lowest BCUT2D eigenvalue weighted by molar-refractivity contribution is 0.414. The molecule has 0 saturated carbocycles. The number of ether oxygens (including phenoxy) is 1. The molecule has 2 atom stereocenters. The van der Waals surface area contributed by atoms with Crippen LogP contribution in [0.25, 0.3) is 0 Å². The Kier molecular flexibility index (Phi) is 4.95. The van der Waals surface area contributed by atoms with E-state index < -0.39 is 0 Å². The van der Waals surface area contributed by atoms with Crippen molar-refractivity contribution in [2.75, 3.05) is 7.11 Å². The summed E-state index contributed by atoms with van der Waals surface area (Å²) in [6, 6.07) is 16.7. The van der Waals surface area contributed by atoms with Crippen LogP contribution in [0.4, 0.5) is 0 Å². The zero-order chi connectivity index (χ0) is 13.7. The minimum atomic E-state index is 0.256. The first kappa shape index (κ1) is 14.0. The maximum absolute atomic E-state index is 5.23. The van der Waals surface area contributed by atoms with E-state index in [1.807, 2.05) is 12.1 Å². The zero-order valence-electron chi connectivity index (χ0n) is 11.4.